The molecule has 2 rings (SSSR count). The molecule has 0 aromatic heterocycles. The monoisotopic (exact) mass is 308 g/mol. The predicted octanol–water partition coefficient (Wildman–Crippen LogP) is 6.44. The Hall–Kier alpha value is 0.519. The fourth-order valence-electron chi connectivity index (χ4n) is 3.58. The molecule has 0 bridgehead atoms. The molecule has 0 nitrogen and oxygen atoms in total. The van der Waals surface area contributed by atoms with Gasteiger partial charge in [-0.25, -0.2) is 0 Å². The van der Waals surface area contributed by atoms with Gasteiger partial charge in [0.05, 0.1) is 0 Å². The zero-order valence-corrected chi connectivity index (χ0v) is 15.3. The summed E-state index contributed by atoms with van der Waals surface area (Å²) < 4.78 is 0. The molecule has 2 aliphatic carbocycles. The molecular weight excluding hydrogens is 272 g/mol. The number of hydrogen-bond acceptors (Lipinski definition) is 0. The van der Waals surface area contributed by atoms with Gasteiger partial charge in [0.25, 0.3) is 0 Å². The largest absolute Gasteiger partial charge is 0.0599 e. The second-order valence-corrected chi connectivity index (χ2v) is 8.69. The third-order valence-corrected chi connectivity index (χ3v) is 5.16. The molecule has 1 heteroatoms. The van der Waals surface area contributed by atoms with Crippen molar-refractivity contribution in [3.8, 4) is 0 Å². The van der Waals surface area contributed by atoms with Gasteiger partial charge >= 0.3 is 0 Å². The van der Waals surface area contributed by atoms with Gasteiger partial charge in [-0.2, -0.15) is 0 Å². The quantitative estimate of drug-likeness (QED) is 0.451. The fourth-order valence-corrected chi connectivity index (χ4v) is 3.58. The topological polar surface area (TPSA) is 0 Å². The van der Waals surface area contributed by atoms with Gasteiger partial charge in [0, 0.05) is 17.1 Å². The number of rotatable bonds is 0. The number of hydrogen-bond donors (Lipinski definition) is 0. The molecule has 0 atom stereocenters. The average molecular weight is 308 g/mol. The van der Waals surface area contributed by atoms with Crippen LogP contribution in [0.3, 0.4) is 0 Å². The summed E-state index contributed by atoms with van der Waals surface area (Å²) in [7, 11) is 0. The van der Waals surface area contributed by atoms with Gasteiger partial charge in [0.2, 0.25) is 0 Å². The smallest absolute Gasteiger partial charge is 0 e. The zero-order valence-electron chi connectivity index (χ0n) is 14.2. The first-order valence-electron chi connectivity index (χ1n) is 8.21. The van der Waals surface area contributed by atoms with Gasteiger partial charge in [0.15, 0.2) is 0 Å². The molecule has 19 heavy (non-hydrogen) atoms. The first kappa shape index (κ1) is 19.5. The van der Waals surface area contributed by atoms with E-state index in [1.807, 2.05) is 0 Å². The van der Waals surface area contributed by atoms with Crippen molar-refractivity contribution in [3.63, 3.8) is 0 Å². The van der Waals surface area contributed by atoms with Crippen molar-refractivity contribution in [1.82, 2.24) is 0 Å². The summed E-state index contributed by atoms with van der Waals surface area (Å²) in [6, 6.07) is 0. The summed E-state index contributed by atoms with van der Waals surface area (Å²) >= 11 is 0. The van der Waals surface area contributed by atoms with E-state index >= 15 is 0 Å². The van der Waals surface area contributed by atoms with Crippen LogP contribution in [0.5, 0.6) is 0 Å². The van der Waals surface area contributed by atoms with E-state index in [1.54, 1.807) is 0 Å². The van der Waals surface area contributed by atoms with E-state index < -0.39 is 0 Å². The predicted molar refractivity (Wildman–Crippen MR) is 82.8 cm³/mol. The molecule has 2 aliphatic rings. The standard InChI is InChI=1S/2C9H18.Fe/c2*1-9(2,3)8-6-4-5-7-8;/h2*8H,4-7H2,1-3H3;. The van der Waals surface area contributed by atoms with E-state index in [0.717, 1.165) is 11.8 Å². The van der Waals surface area contributed by atoms with Crippen molar-refractivity contribution in [2.75, 3.05) is 0 Å². The maximum absolute atomic E-state index is 2.36. The minimum atomic E-state index is 0. The summed E-state index contributed by atoms with van der Waals surface area (Å²) in [5.41, 5.74) is 1.16. The van der Waals surface area contributed by atoms with Crippen LogP contribution in [0.1, 0.15) is 92.9 Å². The molecule has 0 aliphatic heterocycles. The SMILES string of the molecule is CC(C)(C)C1CCCC1.CC(C)(C)C1CCCC1.[Fe]. The molecule has 0 heterocycles. The van der Waals surface area contributed by atoms with Crippen LogP contribution in [-0.2, 0) is 17.1 Å². The van der Waals surface area contributed by atoms with Crippen LogP contribution in [0.25, 0.3) is 0 Å². The Balaban J connectivity index is 0.000000324. The van der Waals surface area contributed by atoms with Crippen molar-refractivity contribution in [3.05, 3.63) is 0 Å². The molecule has 0 aromatic carbocycles. The molecule has 2 saturated carbocycles. The van der Waals surface area contributed by atoms with Crippen LogP contribution < -0.4 is 0 Å². The van der Waals surface area contributed by atoms with Crippen LogP contribution in [0.4, 0.5) is 0 Å². The second kappa shape index (κ2) is 8.08. The van der Waals surface area contributed by atoms with E-state index in [-0.39, 0.29) is 17.1 Å². The van der Waals surface area contributed by atoms with Gasteiger partial charge < -0.3 is 0 Å². The van der Waals surface area contributed by atoms with Crippen molar-refractivity contribution in [2.45, 2.75) is 92.9 Å². The molecular formula is C18H36Fe. The van der Waals surface area contributed by atoms with E-state index in [2.05, 4.69) is 41.5 Å². The first-order chi connectivity index (χ1) is 8.21. The Morgan fingerprint density at radius 1 is 0.526 bits per heavy atom. The van der Waals surface area contributed by atoms with Crippen molar-refractivity contribution >= 4 is 0 Å². The van der Waals surface area contributed by atoms with Crippen molar-refractivity contribution < 1.29 is 17.1 Å². The van der Waals surface area contributed by atoms with Gasteiger partial charge in [-0.05, 0) is 48.3 Å². The van der Waals surface area contributed by atoms with Gasteiger partial charge in [-0.3, -0.25) is 0 Å². The van der Waals surface area contributed by atoms with E-state index in [9.17, 15) is 0 Å². The van der Waals surface area contributed by atoms with Crippen LogP contribution in [0, 0.1) is 22.7 Å². The fraction of sp³-hybridized carbons (Fsp3) is 1.00. The van der Waals surface area contributed by atoms with Crippen LogP contribution in [-0.4, -0.2) is 0 Å². The second-order valence-electron chi connectivity index (χ2n) is 8.69. The first-order valence-corrected chi connectivity index (χ1v) is 8.21. The molecule has 0 aromatic rings. The van der Waals surface area contributed by atoms with Gasteiger partial charge in [-0.1, -0.05) is 67.2 Å². The molecule has 0 spiro atoms. The Labute approximate surface area is 133 Å². The third kappa shape index (κ3) is 7.19. The summed E-state index contributed by atoms with van der Waals surface area (Å²) in [5.74, 6) is 2.02. The van der Waals surface area contributed by atoms with Crippen LogP contribution in [0.2, 0.25) is 0 Å². The van der Waals surface area contributed by atoms with Gasteiger partial charge in [-0.15, -0.1) is 0 Å². The summed E-state index contributed by atoms with van der Waals surface area (Å²) in [4.78, 5) is 0. The molecule has 0 radical (unpaired) electrons. The Bertz CT molecular complexity index is 193. The maximum atomic E-state index is 2.36. The van der Waals surface area contributed by atoms with Gasteiger partial charge in [0.1, 0.15) is 0 Å². The van der Waals surface area contributed by atoms with Crippen LogP contribution in [0.15, 0.2) is 0 Å². The summed E-state index contributed by atoms with van der Waals surface area (Å²) in [6.45, 7) is 14.2. The summed E-state index contributed by atoms with van der Waals surface area (Å²) in [6.07, 6.45) is 11.8. The van der Waals surface area contributed by atoms with Crippen molar-refractivity contribution in [1.29, 1.82) is 0 Å². The molecule has 0 unspecified atom stereocenters. The third-order valence-electron chi connectivity index (χ3n) is 5.16. The summed E-state index contributed by atoms with van der Waals surface area (Å²) in [5, 5.41) is 0. The Kier molecular flexibility index (Phi) is 8.30. The van der Waals surface area contributed by atoms with E-state index in [4.69, 9.17) is 0 Å². The Morgan fingerprint density at radius 3 is 0.842 bits per heavy atom. The van der Waals surface area contributed by atoms with Crippen LogP contribution >= 0.6 is 0 Å². The molecule has 0 amide bonds. The molecule has 0 N–H and O–H groups in total. The van der Waals surface area contributed by atoms with E-state index in [0.29, 0.717) is 10.8 Å². The average Bonchev–Trinajstić information content (AvgIpc) is 2.91. The van der Waals surface area contributed by atoms with E-state index in [1.165, 1.54) is 51.4 Å². The normalized spacial score (nSPS) is 21.8. The minimum Gasteiger partial charge on any atom is -0.0599 e. The van der Waals surface area contributed by atoms with Crippen molar-refractivity contribution in [2.24, 2.45) is 22.7 Å². The molecule has 2 fully saturated rings. The Morgan fingerprint density at radius 2 is 0.737 bits per heavy atom. The maximum Gasteiger partial charge on any atom is 0 e. The minimum absolute atomic E-state index is 0. The zero-order chi connectivity index (χ0) is 13.8. The molecule has 116 valence electrons. The molecule has 0 saturated heterocycles.